The van der Waals surface area contributed by atoms with Crippen molar-refractivity contribution in [2.45, 2.75) is 38.6 Å². The molecule has 1 heterocycles. The minimum Gasteiger partial charge on any atom is -0.331 e. The van der Waals surface area contributed by atoms with Gasteiger partial charge in [0.2, 0.25) is 0 Å². The number of aromatic amines is 1. The Morgan fingerprint density at radius 3 is 2.83 bits per heavy atom. The summed E-state index contributed by atoms with van der Waals surface area (Å²) in [5.41, 5.74) is 2.21. The third-order valence-corrected chi connectivity index (χ3v) is 4.70. The van der Waals surface area contributed by atoms with Crippen LogP contribution in [0.25, 0.3) is 11.0 Å². The van der Waals surface area contributed by atoms with Gasteiger partial charge in [0, 0.05) is 11.1 Å². The fraction of sp³-hybridized carbons (Fsp3) is 0.500. The maximum atomic E-state index is 6.02. The van der Waals surface area contributed by atoms with Crippen LogP contribution in [0.2, 0.25) is 5.02 Å². The molecule has 1 aromatic heterocycles. The van der Waals surface area contributed by atoms with Crippen molar-refractivity contribution in [1.29, 1.82) is 0 Å². The van der Waals surface area contributed by atoms with Crippen LogP contribution in [0.15, 0.2) is 18.2 Å². The second kappa shape index (κ2) is 4.71. The fourth-order valence-corrected chi connectivity index (χ4v) is 3.70. The monoisotopic (exact) mass is 280 g/mol. The van der Waals surface area contributed by atoms with Crippen molar-refractivity contribution >= 4 is 34.9 Å². The van der Waals surface area contributed by atoms with Gasteiger partial charge in [0.25, 0.3) is 0 Å². The zero-order valence-electron chi connectivity index (χ0n) is 10.4. The summed E-state index contributed by atoms with van der Waals surface area (Å²) in [5, 5.41) is 0.749. The third-order valence-electron chi connectivity index (χ3n) is 4.17. The Labute approximate surface area is 117 Å². The summed E-state index contributed by atoms with van der Waals surface area (Å²) in [5.74, 6) is 0.756. The molecule has 0 spiro atoms. The summed E-state index contributed by atoms with van der Waals surface area (Å²) >= 11 is 11.5. The number of hydrogen-bond acceptors (Lipinski definition) is 1. The zero-order chi connectivity index (χ0) is 12.7. The Bertz CT molecular complexity index is 622. The van der Waals surface area contributed by atoms with E-state index in [0.717, 1.165) is 21.2 Å². The molecule has 0 radical (unpaired) electrons. The van der Waals surface area contributed by atoms with Crippen LogP contribution >= 0.6 is 23.8 Å². The van der Waals surface area contributed by atoms with Crippen LogP contribution in [0.1, 0.15) is 38.6 Å². The molecule has 0 amide bonds. The lowest BCUT2D eigenvalue weighted by Gasteiger charge is -2.21. The minimum absolute atomic E-state index is 0.468. The molecule has 1 aliphatic carbocycles. The van der Waals surface area contributed by atoms with E-state index in [2.05, 4.69) is 22.5 Å². The molecule has 0 bridgehead atoms. The number of rotatable bonds is 2. The van der Waals surface area contributed by atoms with E-state index in [1.54, 1.807) is 0 Å². The number of fused-ring (bicyclic) bond motifs is 1. The van der Waals surface area contributed by atoms with Crippen molar-refractivity contribution in [3.05, 3.63) is 28.0 Å². The van der Waals surface area contributed by atoms with Crippen molar-refractivity contribution in [2.24, 2.45) is 5.92 Å². The van der Waals surface area contributed by atoms with Crippen LogP contribution in [-0.2, 0) is 0 Å². The first kappa shape index (κ1) is 12.2. The molecule has 1 saturated carbocycles. The highest BCUT2D eigenvalue weighted by molar-refractivity contribution is 7.71. The van der Waals surface area contributed by atoms with E-state index in [9.17, 15) is 0 Å². The largest absolute Gasteiger partial charge is 0.331 e. The van der Waals surface area contributed by atoms with E-state index in [4.69, 9.17) is 23.8 Å². The summed E-state index contributed by atoms with van der Waals surface area (Å²) in [6, 6.07) is 6.42. The Morgan fingerprint density at radius 1 is 1.39 bits per heavy atom. The van der Waals surface area contributed by atoms with Gasteiger partial charge in [-0.25, -0.2) is 0 Å². The molecular weight excluding hydrogens is 264 g/mol. The third kappa shape index (κ3) is 1.99. The SMILES string of the molecule is CC(C1CCCC1)n1c(=S)[nH]c2cc(Cl)ccc21. The number of halogens is 1. The first-order valence-electron chi connectivity index (χ1n) is 6.56. The molecule has 1 N–H and O–H groups in total. The standard InChI is InChI=1S/C14H17ClN2S/c1-9(10-4-2-3-5-10)17-13-7-6-11(15)8-12(13)16-14(17)18/h6-10H,2-5H2,1H3,(H,16,18). The molecule has 1 aliphatic rings. The van der Waals surface area contributed by atoms with Crippen LogP contribution in [0, 0.1) is 10.7 Å². The summed E-state index contributed by atoms with van der Waals surface area (Å²) < 4.78 is 3.07. The minimum atomic E-state index is 0.468. The highest BCUT2D eigenvalue weighted by atomic mass is 35.5. The normalized spacial score (nSPS) is 18.6. The van der Waals surface area contributed by atoms with Crippen LogP contribution in [0.5, 0.6) is 0 Å². The Balaban J connectivity index is 2.10. The number of benzene rings is 1. The van der Waals surface area contributed by atoms with E-state index in [1.807, 2.05) is 12.1 Å². The molecule has 3 rings (SSSR count). The maximum Gasteiger partial charge on any atom is 0.178 e. The number of imidazole rings is 1. The summed E-state index contributed by atoms with van der Waals surface area (Å²) in [7, 11) is 0. The topological polar surface area (TPSA) is 20.7 Å². The average Bonchev–Trinajstić information content (AvgIpc) is 2.94. The van der Waals surface area contributed by atoms with E-state index in [0.29, 0.717) is 6.04 Å². The molecule has 1 unspecified atom stereocenters. The molecule has 0 aliphatic heterocycles. The number of hydrogen-bond donors (Lipinski definition) is 1. The predicted octanol–water partition coefficient (Wildman–Crippen LogP) is 5.10. The van der Waals surface area contributed by atoms with Crippen LogP contribution in [-0.4, -0.2) is 9.55 Å². The Morgan fingerprint density at radius 2 is 2.11 bits per heavy atom. The molecule has 1 aromatic carbocycles. The van der Waals surface area contributed by atoms with Crippen molar-refractivity contribution in [3.63, 3.8) is 0 Å². The van der Waals surface area contributed by atoms with Gasteiger partial charge >= 0.3 is 0 Å². The molecule has 2 aromatic rings. The predicted molar refractivity (Wildman–Crippen MR) is 78.8 cm³/mol. The number of nitrogens with zero attached hydrogens (tertiary/aromatic N) is 1. The van der Waals surface area contributed by atoms with Gasteiger partial charge in [0.15, 0.2) is 4.77 Å². The fourth-order valence-electron chi connectivity index (χ4n) is 3.16. The van der Waals surface area contributed by atoms with Crippen molar-refractivity contribution < 1.29 is 0 Å². The summed E-state index contributed by atoms with van der Waals surface area (Å²) in [6.07, 6.45) is 5.36. The van der Waals surface area contributed by atoms with Crippen molar-refractivity contribution in [2.75, 3.05) is 0 Å². The lowest BCUT2D eigenvalue weighted by atomic mass is 9.99. The van der Waals surface area contributed by atoms with Gasteiger partial charge in [-0.15, -0.1) is 0 Å². The number of aromatic nitrogens is 2. The van der Waals surface area contributed by atoms with Gasteiger partial charge in [-0.2, -0.15) is 0 Å². The molecule has 1 fully saturated rings. The van der Waals surface area contributed by atoms with Gasteiger partial charge in [0.1, 0.15) is 0 Å². The van der Waals surface area contributed by atoms with E-state index in [-0.39, 0.29) is 0 Å². The molecule has 2 nitrogen and oxygen atoms in total. The molecule has 4 heteroatoms. The molecular formula is C14H17ClN2S. The van der Waals surface area contributed by atoms with Crippen LogP contribution in [0.3, 0.4) is 0 Å². The number of H-pyrrole nitrogens is 1. The Hall–Kier alpha value is -0.800. The van der Waals surface area contributed by atoms with E-state index >= 15 is 0 Å². The van der Waals surface area contributed by atoms with Gasteiger partial charge in [-0.1, -0.05) is 24.4 Å². The molecule has 96 valence electrons. The molecule has 1 atom stereocenters. The smallest absolute Gasteiger partial charge is 0.178 e. The van der Waals surface area contributed by atoms with Gasteiger partial charge in [0.05, 0.1) is 11.0 Å². The average molecular weight is 281 g/mol. The second-order valence-electron chi connectivity index (χ2n) is 5.25. The molecule has 0 saturated heterocycles. The zero-order valence-corrected chi connectivity index (χ0v) is 12.0. The second-order valence-corrected chi connectivity index (χ2v) is 6.07. The van der Waals surface area contributed by atoms with Crippen LogP contribution < -0.4 is 0 Å². The first-order chi connectivity index (χ1) is 8.66. The summed E-state index contributed by atoms with van der Waals surface area (Å²) in [4.78, 5) is 3.27. The summed E-state index contributed by atoms with van der Waals surface area (Å²) in [6.45, 7) is 2.29. The van der Waals surface area contributed by atoms with Crippen LogP contribution in [0.4, 0.5) is 0 Å². The first-order valence-corrected chi connectivity index (χ1v) is 7.35. The van der Waals surface area contributed by atoms with Gasteiger partial charge in [-0.05, 0) is 56.1 Å². The number of nitrogens with one attached hydrogen (secondary N) is 1. The van der Waals surface area contributed by atoms with Crippen molar-refractivity contribution in [1.82, 2.24) is 9.55 Å². The lowest BCUT2D eigenvalue weighted by Crippen LogP contribution is -2.14. The van der Waals surface area contributed by atoms with E-state index < -0.39 is 0 Å². The van der Waals surface area contributed by atoms with Gasteiger partial charge < -0.3 is 9.55 Å². The maximum absolute atomic E-state index is 6.02. The molecule has 18 heavy (non-hydrogen) atoms. The highest BCUT2D eigenvalue weighted by Crippen LogP contribution is 2.36. The van der Waals surface area contributed by atoms with Crippen molar-refractivity contribution in [3.8, 4) is 0 Å². The lowest BCUT2D eigenvalue weighted by molar-refractivity contribution is 0.365. The Kier molecular flexibility index (Phi) is 3.20. The quantitative estimate of drug-likeness (QED) is 0.759. The van der Waals surface area contributed by atoms with Gasteiger partial charge in [-0.3, -0.25) is 0 Å². The van der Waals surface area contributed by atoms with E-state index in [1.165, 1.54) is 31.2 Å². The highest BCUT2D eigenvalue weighted by Gasteiger charge is 2.24.